The molecule has 2 saturated heterocycles. The van der Waals surface area contributed by atoms with E-state index in [2.05, 4.69) is 17.1 Å². The van der Waals surface area contributed by atoms with Gasteiger partial charge in [0.1, 0.15) is 0 Å². The predicted octanol–water partition coefficient (Wildman–Crippen LogP) is 2.80. The van der Waals surface area contributed by atoms with Crippen molar-refractivity contribution in [3.63, 3.8) is 0 Å². The van der Waals surface area contributed by atoms with Crippen LogP contribution in [-0.4, -0.2) is 48.8 Å². The molecule has 1 N–H and O–H groups in total. The Bertz CT molecular complexity index is 360. The van der Waals surface area contributed by atoms with Gasteiger partial charge < -0.3 is 10.1 Å². The summed E-state index contributed by atoms with van der Waals surface area (Å²) in [7, 11) is 0. The molecule has 2 saturated carbocycles. The molecule has 0 radical (unpaired) electrons. The summed E-state index contributed by atoms with van der Waals surface area (Å²) in [6.07, 6.45) is 11.6. The number of piperazine rings is 1. The average molecular weight is 292 g/mol. The Morgan fingerprint density at radius 3 is 2.71 bits per heavy atom. The van der Waals surface area contributed by atoms with Crippen molar-refractivity contribution in [2.45, 2.75) is 76.0 Å². The van der Waals surface area contributed by atoms with Crippen molar-refractivity contribution < 1.29 is 4.74 Å². The highest BCUT2D eigenvalue weighted by molar-refractivity contribution is 5.06. The highest BCUT2D eigenvalue weighted by atomic mass is 16.5. The van der Waals surface area contributed by atoms with Gasteiger partial charge in [0.2, 0.25) is 0 Å². The minimum Gasteiger partial charge on any atom is -0.378 e. The number of ether oxygens (including phenoxy) is 1. The lowest BCUT2D eigenvalue weighted by atomic mass is 9.88. The molecule has 2 aliphatic carbocycles. The van der Waals surface area contributed by atoms with Crippen LogP contribution in [0.25, 0.3) is 0 Å². The van der Waals surface area contributed by atoms with E-state index in [9.17, 15) is 0 Å². The van der Waals surface area contributed by atoms with Crippen LogP contribution in [0.2, 0.25) is 0 Å². The highest BCUT2D eigenvalue weighted by Gasteiger charge is 2.49. The van der Waals surface area contributed by atoms with Crippen molar-refractivity contribution >= 4 is 0 Å². The van der Waals surface area contributed by atoms with Crippen LogP contribution in [0.15, 0.2) is 0 Å². The molecule has 21 heavy (non-hydrogen) atoms. The third kappa shape index (κ3) is 3.16. The molecular formula is C18H32N2O. The molecule has 0 amide bonds. The van der Waals surface area contributed by atoms with E-state index >= 15 is 0 Å². The number of hydrogen-bond acceptors (Lipinski definition) is 3. The zero-order valence-electron chi connectivity index (χ0n) is 13.7. The topological polar surface area (TPSA) is 24.5 Å². The normalized spacial score (nSPS) is 41.6. The first-order valence-electron chi connectivity index (χ1n) is 9.36. The zero-order chi connectivity index (χ0) is 14.3. The SMILES string of the molecule is CC1(C2CC2)CNC(C2CC2)CN1CCCC1CCCO1. The van der Waals surface area contributed by atoms with Crippen LogP contribution in [0.3, 0.4) is 0 Å². The van der Waals surface area contributed by atoms with Crippen molar-refractivity contribution in [2.75, 3.05) is 26.2 Å². The van der Waals surface area contributed by atoms with Crippen molar-refractivity contribution in [1.82, 2.24) is 10.2 Å². The second-order valence-electron chi connectivity index (χ2n) is 8.18. The number of rotatable bonds is 6. The second-order valence-corrected chi connectivity index (χ2v) is 8.18. The van der Waals surface area contributed by atoms with E-state index in [4.69, 9.17) is 4.74 Å². The smallest absolute Gasteiger partial charge is 0.0576 e. The molecule has 2 heterocycles. The van der Waals surface area contributed by atoms with Gasteiger partial charge in [0, 0.05) is 31.3 Å². The van der Waals surface area contributed by atoms with E-state index < -0.39 is 0 Å². The number of hydrogen-bond donors (Lipinski definition) is 1. The Kier molecular flexibility index (Phi) is 4.01. The molecular weight excluding hydrogens is 260 g/mol. The maximum atomic E-state index is 5.79. The minimum absolute atomic E-state index is 0.432. The molecule has 2 aliphatic heterocycles. The lowest BCUT2D eigenvalue weighted by molar-refractivity contribution is 0.0241. The van der Waals surface area contributed by atoms with Crippen LogP contribution < -0.4 is 5.32 Å². The molecule has 4 fully saturated rings. The summed E-state index contributed by atoms with van der Waals surface area (Å²) in [4.78, 5) is 2.86. The van der Waals surface area contributed by atoms with E-state index in [1.807, 2.05) is 0 Å². The molecule has 120 valence electrons. The molecule has 0 aromatic rings. The Morgan fingerprint density at radius 2 is 2.05 bits per heavy atom. The van der Waals surface area contributed by atoms with Gasteiger partial charge >= 0.3 is 0 Å². The average Bonchev–Trinajstić information content (AvgIpc) is 3.39. The van der Waals surface area contributed by atoms with Gasteiger partial charge in [0.25, 0.3) is 0 Å². The maximum absolute atomic E-state index is 5.79. The van der Waals surface area contributed by atoms with Gasteiger partial charge in [0.05, 0.1) is 6.10 Å². The Morgan fingerprint density at radius 1 is 1.19 bits per heavy atom. The highest BCUT2D eigenvalue weighted by Crippen LogP contribution is 2.45. The summed E-state index contributed by atoms with van der Waals surface area (Å²) in [5.74, 6) is 1.93. The summed E-state index contributed by atoms with van der Waals surface area (Å²) in [5.41, 5.74) is 0.432. The summed E-state index contributed by atoms with van der Waals surface area (Å²) in [6.45, 7) is 7.33. The molecule has 3 unspecified atom stereocenters. The van der Waals surface area contributed by atoms with Crippen LogP contribution >= 0.6 is 0 Å². The molecule has 0 aromatic heterocycles. The van der Waals surface area contributed by atoms with Gasteiger partial charge in [-0.05, 0) is 76.7 Å². The summed E-state index contributed by atoms with van der Waals surface area (Å²) >= 11 is 0. The molecule has 4 aliphatic rings. The van der Waals surface area contributed by atoms with Crippen LogP contribution in [0.1, 0.15) is 58.3 Å². The largest absolute Gasteiger partial charge is 0.378 e. The number of nitrogens with one attached hydrogen (secondary N) is 1. The van der Waals surface area contributed by atoms with E-state index in [1.54, 1.807) is 0 Å². The Hall–Kier alpha value is -0.120. The number of nitrogens with zero attached hydrogens (tertiary/aromatic N) is 1. The van der Waals surface area contributed by atoms with Crippen LogP contribution in [-0.2, 0) is 4.74 Å². The van der Waals surface area contributed by atoms with Crippen molar-refractivity contribution in [1.29, 1.82) is 0 Å². The fourth-order valence-corrected chi connectivity index (χ4v) is 4.61. The molecule has 0 bridgehead atoms. The van der Waals surface area contributed by atoms with Crippen LogP contribution in [0.5, 0.6) is 0 Å². The van der Waals surface area contributed by atoms with Crippen LogP contribution in [0.4, 0.5) is 0 Å². The third-order valence-corrected chi connectivity index (χ3v) is 6.49. The van der Waals surface area contributed by atoms with Crippen molar-refractivity contribution in [3.05, 3.63) is 0 Å². The first-order chi connectivity index (χ1) is 10.3. The fourth-order valence-electron chi connectivity index (χ4n) is 4.61. The van der Waals surface area contributed by atoms with E-state index in [0.29, 0.717) is 11.6 Å². The van der Waals surface area contributed by atoms with Gasteiger partial charge in [-0.15, -0.1) is 0 Å². The first-order valence-corrected chi connectivity index (χ1v) is 9.36. The molecule has 0 aromatic carbocycles. The second kappa shape index (κ2) is 5.82. The third-order valence-electron chi connectivity index (χ3n) is 6.49. The van der Waals surface area contributed by atoms with E-state index in [0.717, 1.165) is 24.5 Å². The quantitative estimate of drug-likeness (QED) is 0.815. The molecule has 3 nitrogen and oxygen atoms in total. The Labute approximate surface area is 129 Å². The minimum atomic E-state index is 0.432. The van der Waals surface area contributed by atoms with Crippen LogP contribution in [0, 0.1) is 11.8 Å². The monoisotopic (exact) mass is 292 g/mol. The molecule has 3 heteroatoms. The van der Waals surface area contributed by atoms with Gasteiger partial charge in [-0.25, -0.2) is 0 Å². The summed E-state index contributed by atoms with van der Waals surface area (Å²) in [5, 5.41) is 3.89. The van der Waals surface area contributed by atoms with Gasteiger partial charge in [-0.3, -0.25) is 4.90 Å². The summed E-state index contributed by atoms with van der Waals surface area (Å²) in [6, 6.07) is 0.777. The lowest BCUT2D eigenvalue weighted by Gasteiger charge is -2.49. The molecule has 3 atom stereocenters. The predicted molar refractivity (Wildman–Crippen MR) is 85.4 cm³/mol. The standard InChI is InChI=1S/C18H32N2O/c1-18(15-8-9-15)13-19-17(14-6-7-14)12-20(18)10-2-4-16-5-3-11-21-16/h14-17,19H,2-13H2,1H3. The van der Waals surface area contributed by atoms with Crippen molar-refractivity contribution in [3.8, 4) is 0 Å². The van der Waals surface area contributed by atoms with E-state index in [1.165, 1.54) is 71.0 Å². The molecule has 4 rings (SSSR count). The fraction of sp³-hybridized carbons (Fsp3) is 1.00. The van der Waals surface area contributed by atoms with Crippen molar-refractivity contribution in [2.24, 2.45) is 11.8 Å². The maximum Gasteiger partial charge on any atom is 0.0576 e. The first kappa shape index (κ1) is 14.5. The Balaban J connectivity index is 1.33. The lowest BCUT2D eigenvalue weighted by Crippen LogP contribution is -2.65. The van der Waals surface area contributed by atoms with Gasteiger partial charge in [-0.2, -0.15) is 0 Å². The molecule has 0 spiro atoms. The zero-order valence-corrected chi connectivity index (χ0v) is 13.7. The van der Waals surface area contributed by atoms with Gasteiger partial charge in [-0.1, -0.05) is 0 Å². The summed E-state index contributed by atoms with van der Waals surface area (Å²) < 4.78 is 5.79. The van der Waals surface area contributed by atoms with Gasteiger partial charge in [0.15, 0.2) is 0 Å². The van der Waals surface area contributed by atoms with E-state index in [-0.39, 0.29) is 0 Å².